The van der Waals surface area contributed by atoms with E-state index in [-0.39, 0.29) is 23.1 Å². The maximum atomic E-state index is 14.3. The summed E-state index contributed by atoms with van der Waals surface area (Å²) in [6, 6.07) is 6.35. The maximum absolute atomic E-state index is 14.3. The zero-order valence-electron chi connectivity index (χ0n) is 23.0. The minimum absolute atomic E-state index is 0.259. The molecule has 1 atom stereocenters. The summed E-state index contributed by atoms with van der Waals surface area (Å²) in [5.74, 6) is 0.754. The first kappa shape index (κ1) is 27.6. The lowest BCUT2D eigenvalue weighted by Gasteiger charge is -2.43. The first-order chi connectivity index (χ1) is 19.5. The number of nitrogen functional groups attached to an aromatic ring is 1. The minimum Gasteiger partial charge on any atom is -0.444 e. The lowest BCUT2D eigenvalue weighted by Crippen LogP contribution is -2.48. The van der Waals surface area contributed by atoms with Crippen LogP contribution in [0.5, 0.6) is 0 Å². The number of alkyl carbamates (subject to hydrolysis) is 1. The molecule has 6 rings (SSSR count). The van der Waals surface area contributed by atoms with E-state index in [4.69, 9.17) is 27.1 Å². The van der Waals surface area contributed by atoms with E-state index in [1.165, 1.54) is 17.8 Å². The number of anilines is 2. The molecule has 4 aromatic rings. The van der Waals surface area contributed by atoms with Crippen molar-refractivity contribution in [3.05, 3.63) is 71.0 Å². The number of imidazole rings is 1. The number of hydrogen-bond acceptors (Lipinski definition) is 8. The Labute approximate surface area is 246 Å². The van der Waals surface area contributed by atoms with Gasteiger partial charge in [0.05, 0.1) is 16.0 Å². The molecule has 1 aromatic carbocycles. The molecule has 1 spiro atoms. The van der Waals surface area contributed by atoms with Gasteiger partial charge in [0.25, 0.3) is 0 Å². The van der Waals surface area contributed by atoms with Crippen LogP contribution in [0.3, 0.4) is 0 Å². The summed E-state index contributed by atoms with van der Waals surface area (Å²) in [6.45, 7) is 6.92. The summed E-state index contributed by atoms with van der Waals surface area (Å²) in [5, 5.41) is 3.50. The minimum atomic E-state index is -0.633. The molecule has 9 nitrogen and oxygen atoms in total. The quantitative estimate of drug-likeness (QED) is 0.293. The van der Waals surface area contributed by atoms with Crippen LogP contribution in [0.4, 0.5) is 21.0 Å². The van der Waals surface area contributed by atoms with E-state index in [9.17, 15) is 9.18 Å². The number of amides is 1. The number of carbonyl (C=O) groups is 1. The Balaban J connectivity index is 1.25. The maximum Gasteiger partial charge on any atom is 0.408 e. The molecular formula is C29H31ClFN7O2S. The number of hydrogen-bond donors (Lipinski definition) is 2. The monoisotopic (exact) mass is 595 g/mol. The second-order valence-electron chi connectivity index (χ2n) is 11.6. The number of ether oxygens (including phenoxy) is 1. The molecule has 1 aliphatic heterocycles. The van der Waals surface area contributed by atoms with Crippen LogP contribution in [0.1, 0.15) is 50.8 Å². The highest BCUT2D eigenvalue weighted by Gasteiger charge is 2.49. The predicted molar refractivity (Wildman–Crippen MR) is 157 cm³/mol. The second kappa shape index (κ2) is 10.4. The third-order valence-corrected chi connectivity index (χ3v) is 9.33. The van der Waals surface area contributed by atoms with Crippen molar-refractivity contribution >= 4 is 46.9 Å². The normalized spacial score (nSPS) is 18.1. The number of aromatic nitrogens is 4. The van der Waals surface area contributed by atoms with Crippen LogP contribution in [0, 0.1) is 11.2 Å². The Bertz CT molecular complexity index is 1630. The third-order valence-electron chi connectivity index (χ3n) is 7.75. The van der Waals surface area contributed by atoms with Gasteiger partial charge in [0.2, 0.25) is 5.95 Å². The first-order valence-corrected chi connectivity index (χ1v) is 14.7. The lowest BCUT2D eigenvalue weighted by molar-refractivity contribution is 0.0427. The molecule has 2 aliphatic rings. The van der Waals surface area contributed by atoms with Gasteiger partial charge in [-0.15, -0.1) is 0 Å². The number of nitrogens with zero attached hydrogens (tertiary/aromatic N) is 5. The highest BCUT2D eigenvalue weighted by Crippen LogP contribution is 2.52. The van der Waals surface area contributed by atoms with Gasteiger partial charge in [-0.25, -0.2) is 24.1 Å². The Kier molecular flexibility index (Phi) is 6.97. The van der Waals surface area contributed by atoms with Crippen LogP contribution in [0.25, 0.3) is 5.65 Å². The first-order valence-electron chi connectivity index (χ1n) is 13.5. The number of rotatable bonds is 4. The zero-order chi connectivity index (χ0) is 28.9. The predicted octanol–water partition coefficient (Wildman–Crippen LogP) is 6.06. The molecule has 0 bridgehead atoms. The van der Waals surface area contributed by atoms with Crippen LogP contribution >= 0.6 is 23.4 Å². The van der Waals surface area contributed by atoms with Crippen LogP contribution in [-0.2, 0) is 11.2 Å². The number of pyridine rings is 1. The number of nitrogens with one attached hydrogen (secondary N) is 1. The fourth-order valence-corrected chi connectivity index (χ4v) is 7.04. The summed E-state index contributed by atoms with van der Waals surface area (Å²) in [7, 11) is 0. The second-order valence-corrected chi connectivity index (χ2v) is 13.1. The number of carbonyl (C=O) groups excluding carboxylic acids is 1. The van der Waals surface area contributed by atoms with E-state index in [2.05, 4.69) is 20.2 Å². The van der Waals surface area contributed by atoms with Crippen molar-refractivity contribution in [1.82, 2.24) is 24.7 Å². The highest BCUT2D eigenvalue weighted by atomic mass is 35.5. The standard InChI is InChI=1S/C29H31ClFN7O2S/c1-28(2,3)40-27(39)36-23-19-14-18(31)5-4-17(19)15-29(23)7-11-37(12-8-29)26-35-16-21(25-34-10-13-38(25)26)41-20-6-9-33-24(32)22(20)30/h4-6,9-10,13-14,16,23H,7-8,11-12,15H2,1-3H3,(H2,32,33)(H,36,39). The van der Waals surface area contributed by atoms with Gasteiger partial charge in [0, 0.05) is 48.2 Å². The van der Waals surface area contributed by atoms with E-state index < -0.39 is 11.7 Å². The molecule has 3 N–H and O–H groups in total. The van der Waals surface area contributed by atoms with Crippen LogP contribution < -0.4 is 16.0 Å². The Morgan fingerprint density at radius 2 is 1.95 bits per heavy atom. The number of halogens is 2. The summed E-state index contributed by atoms with van der Waals surface area (Å²) in [6.07, 6.45) is 8.91. The molecule has 41 heavy (non-hydrogen) atoms. The average Bonchev–Trinajstić information content (AvgIpc) is 3.51. The number of benzene rings is 1. The fraction of sp³-hybridized carbons (Fsp3) is 0.379. The Morgan fingerprint density at radius 3 is 2.71 bits per heavy atom. The van der Waals surface area contributed by atoms with Crippen molar-refractivity contribution in [3.8, 4) is 0 Å². The van der Waals surface area contributed by atoms with E-state index in [0.717, 1.165) is 51.8 Å². The summed E-state index contributed by atoms with van der Waals surface area (Å²) in [4.78, 5) is 30.2. The molecule has 3 aromatic heterocycles. The molecule has 1 saturated heterocycles. The molecule has 0 radical (unpaired) electrons. The Hall–Kier alpha value is -3.57. The number of nitrogens with two attached hydrogens (primary N) is 1. The molecule has 0 saturated carbocycles. The van der Waals surface area contributed by atoms with Crippen molar-refractivity contribution in [2.24, 2.45) is 5.41 Å². The largest absolute Gasteiger partial charge is 0.444 e. The SMILES string of the molecule is CC(C)(C)OC(=O)NC1c2cc(F)ccc2CC12CCN(c1ncc(Sc3ccnc(N)c3Cl)c3nccn13)CC2. The average molecular weight is 596 g/mol. The summed E-state index contributed by atoms with van der Waals surface area (Å²) >= 11 is 7.82. The molecule has 1 fully saturated rings. The third kappa shape index (κ3) is 5.28. The van der Waals surface area contributed by atoms with Crippen LogP contribution in [0.2, 0.25) is 5.02 Å². The fourth-order valence-electron chi connectivity index (χ4n) is 5.91. The van der Waals surface area contributed by atoms with Crippen LogP contribution in [-0.4, -0.2) is 44.1 Å². The van der Waals surface area contributed by atoms with Crippen molar-refractivity contribution in [2.75, 3.05) is 23.7 Å². The van der Waals surface area contributed by atoms with E-state index in [0.29, 0.717) is 18.1 Å². The van der Waals surface area contributed by atoms with Crippen molar-refractivity contribution < 1.29 is 13.9 Å². The lowest BCUT2D eigenvalue weighted by atomic mass is 9.73. The number of piperidine rings is 1. The van der Waals surface area contributed by atoms with Gasteiger partial charge in [0.15, 0.2) is 5.65 Å². The summed E-state index contributed by atoms with van der Waals surface area (Å²) in [5.41, 5.74) is 7.65. The number of fused-ring (bicyclic) bond motifs is 2. The molecule has 1 aliphatic carbocycles. The van der Waals surface area contributed by atoms with Gasteiger partial charge in [-0.3, -0.25) is 4.40 Å². The van der Waals surface area contributed by atoms with Gasteiger partial charge < -0.3 is 20.7 Å². The molecular weight excluding hydrogens is 565 g/mol. The molecule has 4 heterocycles. The Morgan fingerprint density at radius 1 is 1.17 bits per heavy atom. The molecule has 1 amide bonds. The summed E-state index contributed by atoms with van der Waals surface area (Å²) < 4.78 is 21.9. The molecule has 12 heteroatoms. The van der Waals surface area contributed by atoms with Crippen molar-refractivity contribution in [3.63, 3.8) is 0 Å². The van der Waals surface area contributed by atoms with Crippen molar-refractivity contribution in [2.45, 2.75) is 61.5 Å². The van der Waals surface area contributed by atoms with E-state index >= 15 is 0 Å². The smallest absolute Gasteiger partial charge is 0.408 e. The van der Waals surface area contributed by atoms with E-state index in [1.807, 2.05) is 43.5 Å². The van der Waals surface area contributed by atoms with Crippen molar-refractivity contribution in [1.29, 1.82) is 0 Å². The van der Waals surface area contributed by atoms with Crippen LogP contribution in [0.15, 0.2) is 58.8 Å². The van der Waals surface area contributed by atoms with Gasteiger partial charge in [-0.05, 0) is 69.4 Å². The van der Waals surface area contributed by atoms with Gasteiger partial charge in [0.1, 0.15) is 17.2 Å². The molecule has 1 unspecified atom stereocenters. The molecule has 214 valence electrons. The van der Waals surface area contributed by atoms with Gasteiger partial charge >= 0.3 is 6.09 Å². The highest BCUT2D eigenvalue weighted by molar-refractivity contribution is 7.99. The topological polar surface area (TPSA) is 111 Å². The van der Waals surface area contributed by atoms with Gasteiger partial charge in [-0.2, -0.15) is 0 Å². The van der Waals surface area contributed by atoms with Gasteiger partial charge in [-0.1, -0.05) is 29.4 Å². The zero-order valence-corrected chi connectivity index (χ0v) is 24.6. The van der Waals surface area contributed by atoms with E-state index in [1.54, 1.807) is 24.7 Å².